The first-order valence-electron chi connectivity index (χ1n) is 13.2. The number of benzene rings is 3. The first-order chi connectivity index (χ1) is 19.6. The standard InChI is InChI=1S/C30H30N6O4/c1-38-25-9-7-22(8-10-25)18-35(20-29-32-33-34-36(29)12-11-21-5-3-2-4-6-21)19-24-15-23-16-27-28(40-14-13-39-27)17-26(23)31-30(24)37/h2-10,15-17H,11-14,18-20H2,1H3,(H,31,37). The molecule has 0 atom stereocenters. The molecule has 0 radical (unpaired) electrons. The number of aromatic nitrogens is 5. The molecule has 0 unspecified atom stereocenters. The number of ether oxygens (including phenoxy) is 3. The van der Waals surface area contributed by atoms with E-state index in [0.29, 0.717) is 62.0 Å². The number of aromatic amines is 1. The molecule has 0 saturated carbocycles. The molecule has 0 bridgehead atoms. The molecule has 40 heavy (non-hydrogen) atoms. The van der Waals surface area contributed by atoms with Crippen LogP contribution in [0.3, 0.4) is 0 Å². The second kappa shape index (κ2) is 11.6. The molecule has 0 fully saturated rings. The molecule has 0 aliphatic carbocycles. The molecule has 0 amide bonds. The molecule has 1 aliphatic rings. The lowest BCUT2D eigenvalue weighted by atomic mass is 10.1. The molecular weight excluding hydrogens is 508 g/mol. The quantitative estimate of drug-likeness (QED) is 0.287. The minimum absolute atomic E-state index is 0.146. The molecule has 1 aliphatic heterocycles. The van der Waals surface area contributed by atoms with Crippen molar-refractivity contribution in [3.05, 3.63) is 106 Å². The molecule has 3 aromatic carbocycles. The summed E-state index contributed by atoms with van der Waals surface area (Å²) < 4.78 is 18.6. The highest BCUT2D eigenvalue weighted by molar-refractivity contribution is 5.83. The summed E-state index contributed by atoms with van der Waals surface area (Å²) in [5.41, 5.74) is 3.51. The second-order valence-electron chi connectivity index (χ2n) is 9.75. The number of methoxy groups -OCH3 is 1. The van der Waals surface area contributed by atoms with E-state index in [-0.39, 0.29) is 5.56 Å². The summed E-state index contributed by atoms with van der Waals surface area (Å²) in [5.74, 6) is 2.86. The van der Waals surface area contributed by atoms with E-state index in [1.165, 1.54) is 5.56 Å². The molecule has 0 spiro atoms. The first-order valence-corrected chi connectivity index (χ1v) is 13.2. The zero-order valence-corrected chi connectivity index (χ0v) is 22.2. The van der Waals surface area contributed by atoms with Crippen LogP contribution in [-0.4, -0.2) is 50.4 Å². The minimum Gasteiger partial charge on any atom is -0.497 e. The predicted molar refractivity (Wildman–Crippen MR) is 149 cm³/mol. The fourth-order valence-electron chi connectivity index (χ4n) is 4.89. The van der Waals surface area contributed by atoms with Gasteiger partial charge >= 0.3 is 0 Å². The minimum atomic E-state index is -0.146. The number of H-pyrrole nitrogens is 1. The Bertz CT molecular complexity index is 1650. The molecule has 10 nitrogen and oxygen atoms in total. The molecule has 10 heteroatoms. The van der Waals surface area contributed by atoms with Crippen LogP contribution in [0.25, 0.3) is 10.9 Å². The number of aryl methyl sites for hydroxylation is 2. The lowest BCUT2D eigenvalue weighted by Gasteiger charge is -2.22. The smallest absolute Gasteiger partial charge is 0.252 e. The summed E-state index contributed by atoms with van der Waals surface area (Å²) in [5, 5.41) is 13.4. The zero-order valence-electron chi connectivity index (χ0n) is 22.2. The molecule has 204 valence electrons. The maximum absolute atomic E-state index is 13.2. The van der Waals surface area contributed by atoms with Crippen molar-refractivity contribution in [3.8, 4) is 17.2 Å². The highest BCUT2D eigenvalue weighted by Gasteiger charge is 2.18. The van der Waals surface area contributed by atoms with Gasteiger partial charge in [0.05, 0.1) is 19.2 Å². The molecule has 6 rings (SSSR count). The molecule has 2 aromatic heterocycles. The fraction of sp³-hybridized carbons (Fsp3) is 0.267. The first kappa shape index (κ1) is 25.6. The van der Waals surface area contributed by atoms with Gasteiger partial charge in [-0.3, -0.25) is 9.69 Å². The lowest BCUT2D eigenvalue weighted by molar-refractivity contribution is 0.172. The van der Waals surface area contributed by atoms with Gasteiger partial charge in [-0.2, -0.15) is 0 Å². The van der Waals surface area contributed by atoms with Crippen LogP contribution in [0, 0.1) is 0 Å². The van der Waals surface area contributed by atoms with Gasteiger partial charge in [-0.1, -0.05) is 42.5 Å². The van der Waals surface area contributed by atoms with Crippen LogP contribution in [0.1, 0.15) is 22.5 Å². The maximum atomic E-state index is 13.2. The Kier molecular flexibility index (Phi) is 7.41. The number of nitrogens with one attached hydrogen (secondary N) is 1. The number of nitrogens with zero attached hydrogens (tertiary/aromatic N) is 5. The van der Waals surface area contributed by atoms with Crippen molar-refractivity contribution < 1.29 is 14.2 Å². The number of tetrazole rings is 1. The van der Waals surface area contributed by atoms with E-state index >= 15 is 0 Å². The Hall–Kier alpha value is -4.70. The average Bonchev–Trinajstić information content (AvgIpc) is 3.43. The van der Waals surface area contributed by atoms with Gasteiger partial charge in [0, 0.05) is 36.7 Å². The van der Waals surface area contributed by atoms with E-state index in [4.69, 9.17) is 14.2 Å². The van der Waals surface area contributed by atoms with Gasteiger partial charge < -0.3 is 19.2 Å². The van der Waals surface area contributed by atoms with Crippen molar-refractivity contribution in [2.75, 3.05) is 20.3 Å². The summed E-state index contributed by atoms with van der Waals surface area (Å²) >= 11 is 0. The van der Waals surface area contributed by atoms with Gasteiger partial charge in [-0.15, -0.1) is 5.10 Å². The summed E-state index contributed by atoms with van der Waals surface area (Å²) in [6.45, 7) is 3.11. The van der Waals surface area contributed by atoms with Gasteiger partial charge in [-0.05, 0) is 52.2 Å². The topological polar surface area (TPSA) is 107 Å². The Morgan fingerprint density at radius 1 is 0.925 bits per heavy atom. The molecule has 0 saturated heterocycles. The van der Waals surface area contributed by atoms with Crippen LogP contribution in [0.15, 0.2) is 77.6 Å². The number of fused-ring (bicyclic) bond motifs is 2. The second-order valence-corrected chi connectivity index (χ2v) is 9.75. The van der Waals surface area contributed by atoms with Gasteiger partial charge in [-0.25, -0.2) is 4.68 Å². The molecule has 3 heterocycles. The van der Waals surface area contributed by atoms with Crippen molar-refractivity contribution in [2.24, 2.45) is 0 Å². The SMILES string of the molecule is COc1ccc(CN(Cc2cc3cc4c(cc3[nH]c2=O)OCCO4)Cc2nnnn2CCc2ccccc2)cc1. The van der Waals surface area contributed by atoms with E-state index in [9.17, 15) is 4.79 Å². The third-order valence-electron chi connectivity index (χ3n) is 6.97. The van der Waals surface area contributed by atoms with Crippen molar-refractivity contribution in [2.45, 2.75) is 32.6 Å². The molecular formula is C30H30N6O4. The fourth-order valence-corrected chi connectivity index (χ4v) is 4.89. The molecule has 5 aromatic rings. The van der Waals surface area contributed by atoms with Crippen molar-refractivity contribution >= 4 is 10.9 Å². The number of hydrogen-bond acceptors (Lipinski definition) is 8. The van der Waals surface area contributed by atoms with Crippen LogP contribution in [0.5, 0.6) is 17.2 Å². The highest BCUT2D eigenvalue weighted by Crippen LogP contribution is 2.33. The van der Waals surface area contributed by atoms with Gasteiger partial charge in [0.2, 0.25) is 0 Å². The number of rotatable bonds is 10. The zero-order chi connectivity index (χ0) is 27.3. The molecule has 1 N–H and O–H groups in total. The number of pyridine rings is 1. The van der Waals surface area contributed by atoms with E-state index in [2.05, 4.69) is 37.5 Å². The Morgan fingerprint density at radius 3 is 2.48 bits per heavy atom. The maximum Gasteiger partial charge on any atom is 0.252 e. The van der Waals surface area contributed by atoms with Crippen molar-refractivity contribution in [1.29, 1.82) is 0 Å². The predicted octanol–water partition coefficient (Wildman–Crippen LogP) is 3.74. The van der Waals surface area contributed by atoms with Crippen LogP contribution in [-0.2, 0) is 32.6 Å². The lowest BCUT2D eigenvalue weighted by Crippen LogP contribution is -2.28. The van der Waals surface area contributed by atoms with Crippen LogP contribution in [0.2, 0.25) is 0 Å². The number of hydrogen-bond donors (Lipinski definition) is 1. The van der Waals surface area contributed by atoms with Crippen LogP contribution < -0.4 is 19.8 Å². The van der Waals surface area contributed by atoms with E-state index in [0.717, 1.165) is 28.9 Å². The van der Waals surface area contributed by atoms with Crippen LogP contribution in [0.4, 0.5) is 0 Å². The third kappa shape index (κ3) is 5.81. The van der Waals surface area contributed by atoms with Crippen molar-refractivity contribution in [1.82, 2.24) is 30.1 Å². The average molecular weight is 539 g/mol. The van der Waals surface area contributed by atoms with Crippen molar-refractivity contribution in [3.63, 3.8) is 0 Å². The van der Waals surface area contributed by atoms with E-state index in [1.54, 1.807) is 7.11 Å². The summed E-state index contributed by atoms with van der Waals surface area (Å²) in [6, 6.07) is 23.9. The Labute approximate surface area is 231 Å². The highest BCUT2D eigenvalue weighted by atomic mass is 16.6. The van der Waals surface area contributed by atoms with E-state index < -0.39 is 0 Å². The summed E-state index contributed by atoms with van der Waals surface area (Å²) in [6.07, 6.45) is 0.817. The third-order valence-corrected chi connectivity index (χ3v) is 6.97. The van der Waals surface area contributed by atoms with E-state index in [1.807, 2.05) is 65.3 Å². The largest absolute Gasteiger partial charge is 0.497 e. The Morgan fingerprint density at radius 2 is 1.70 bits per heavy atom. The normalized spacial score (nSPS) is 12.7. The van der Waals surface area contributed by atoms with Gasteiger partial charge in [0.1, 0.15) is 19.0 Å². The Balaban J connectivity index is 1.27. The monoisotopic (exact) mass is 538 g/mol. The van der Waals surface area contributed by atoms with Gasteiger partial charge in [0.25, 0.3) is 5.56 Å². The van der Waals surface area contributed by atoms with Crippen LogP contribution >= 0.6 is 0 Å². The summed E-state index contributed by atoms with van der Waals surface area (Å²) in [4.78, 5) is 18.4. The summed E-state index contributed by atoms with van der Waals surface area (Å²) in [7, 11) is 1.65. The van der Waals surface area contributed by atoms with Gasteiger partial charge in [0.15, 0.2) is 17.3 Å².